The third-order valence-electron chi connectivity index (χ3n) is 4.84. The zero-order valence-corrected chi connectivity index (χ0v) is 20.1. The first-order chi connectivity index (χ1) is 15.7. The van der Waals surface area contributed by atoms with Crippen LogP contribution in [0.25, 0.3) is 6.08 Å². The molecule has 2 amide bonds. The van der Waals surface area contributed by atoms with E-state index in [0.29, 0.717) is 26.2 Å². The molecule has 1 unspecified atom stereocenters. The van der Waals surface area contributed by atoms with Crippen LogP contribution in [-0.2, 0) is 10.0 Å². The van der Waals surface area contributed by atoms with Gasteiger partial charge in [0.15, 0.2) is 0 Å². The second-order valence-electron chi connectivity index (χ2n) is 6.96. The summed E-state index contributed by atoms with van der Waals surface area (Å²) in [6, 6.07) is 11.1. The van der Waals surface area contributed by atoms with E-state index in [-0.39, 0.29) is 9.96 Å². The van der Waals surface area contributed by atoms with E-state index in [1.807, 2.05) is 0 Å². The monoisotopic (exact) mass is 525 g/mol. The van der Waals surface area contributed by atoms with Crippen LogP contribution < -0.4 is 15.0 Å². The minimum absolute atomic E-state index is 0.0478. The van der Waals surface area contributed by atoms with Crippen LogP contribution in [0.15, 0.2) is 58.9 Å². The van der Waals surface area contributed by atoms with Gasteiger partial charge in [0.2, 0.25) is 0 Å². The maximum atomic E-state index is 13.1. The number of hydrogen-bond acceptors (Lipinski definition) is 6. The second kappa shape index (κ2) is 9.24. The zero-order valence-electron chi connectivity index (χ0n) is 17.0. The number of rotatable bonds is 5. The predicted molar refractivity (Wildman–Crippen MR) is 127 cm³/mol. The van der Waals surface area contributed by atoms with Gasteiger partial charge in [-0.05, 0) is 59.2 Å². The summed E-state index contributed by atoms with van der Waals surface area (Å²) in [6.07, 6.45) is 3.22. The number of methoxy groups -OCH3 is 1. The third kappa shape index (κ3) is 4.94. The molecule has 2 heterocycles. The fourth-order valence-electron chi connectivity index (χ4n) is 3.41. The zero-order chi connectivity index (χ0) is 23.8. The van der Waals surface area contributed by atoms with E-state index in [0.717, 1.165) is 16.9 Å². The van der Waals surface area contributed by atoms with Crippen molar-refractivity contribution < 1.29 is 23.1 Å². The molecule has 0 fully saturated rings. The maximum absolute atomic E-state index is 13.1. The molecule has 8 nitrogen and oxygen atoms in total. The standard InChI is InChI=1S/C21H17Cl2N3O5S2/c1-31-16-9-13(8-15(27)11-16)20-17-10-14(22)3-2-12(17)6-7-26(20)21(28)24-25-33(29,30)19-5-4-18(23)32-19/h2-11,20,25,27H,1H3,(H,24,28). The number of urea groups is 1. The van der Waals surface area contributed by atoms with Gasteiger partial charge in [-0.1, -0.05) is 29.3 Å². The number of nitrogens with zero attached hydrogens (tertiary/aromatic N) is 1. The summed E-state index contributed by atoms with van der Waals surface area (Å²) >= 11 is 12.9. The van der Waals surface area contributed by atoms with Crippen molar-refractivity contribution in [3.05, 3.63) is 80.8 Å². The summed E-state index contributed by atoms with van der Waals surface area (Å²) in [4.78, 5) is 16.5. The largest absolute Gasteiger partial charge is 0.508 e. The minimum Gasteiger partial charge on any atom is -0.508 e. The molecular weight excluding hydrogens is 509 g/mol. The van der Waals surface area contributed by atoms with Gasteiger partial charge in [-0.25, -0.2) is 13.2 Å². The number of nitrogens with one attached hydrogen (secondary N) is 2. The van der Waals surface area contributed by atoms with Crippen LogP contribution in [0.2, 0.25) is 9.36 Å². The highest BCUT2D eigenvalue weighted by atomic mass is 35.5. The van der Waals surface area contributed by atoms with Gasteiger partial charge in [-0.15, -0.1) is 16.2 Å². The van der Waals surface area contributed by atoms with Gasteiger partial charge in [0.25, 0.3) is 10.0 Å². The maximum Gasteiger partial charge on any atom is 0.337 e. The van der Waals surface area contributed by atoms with Gasteiger partial charge in [0.05, 0.1) is 17.5 Å². The number of benzene rings is 2. The van der Waals surface area contributed by atoms with E-state index >= 15 is 0 Å². The van der Waals surface area contributed by atoms with E-state index in [9.17, 15) is 18.3 Å². The first-order valence-corrected chi connectivity index (χ1v) is 12.4. The predicted octanol–water partition coefficient (Wildman–Crippen LogP) is 4.75. The molecule has 2 aromatic carbocycles. The number of phenolic OH excluding ortho intramolecular Hbond substituents is 1. The number of phenols is 1. The molecule has 1 aliphatic heterocycles. The number of amides is 2. The molecule has 12 heteroatoms. The fraction of sp³-hybridized carbons (Fsp3) is 0.0952. The van der Waals surface area contributed by atoms with Crippen LogP contribution in [0.3, 0.4) is 0 Å². The number of hydrazine groups is 1. The summed E-state index contributed by atoms with van der Waals surface area (Å²) in [7, 11) is -2.56. The lowest BCUT2D eigenvalue weighted by Gasteiger charge is -2.34. The van der Waals surface area contributed by atoms with E-state index in [1.54, 1.807) is 30.3 Å². The quantitative estimate of drug-likeness (QED) is 0.416. The number of halogens is 2. The summed E-state index contributed by atoms with van der Waals surface area (Å²) in [5, 5.41) is 10.6. The second-order valence-corrected chi connectivity index (χ2v) is 11.0. The Balaban J connectivity index is 1.68. The highest BCUT2D eigenvalue weighted by Gasteiger charge is 2.31. The smallest absolute Gasteiger partial charge is 0.337 e. The Morgan fingerprint density at radius 1 is 1.15 bits per heavy atom. The molecule has 0 spiro atoms. The van der Waals surface area contributed by atoms with Crippen molar-refractivity contribution in [3.63, 3.8) is 0 Å². The first-order valence-electron chi connectivity index (χ1n) is 9.39. The van der Waals surface area contributed by atoms with Gasteiger partial charge >= 0.3 is 6.03 Å². The van der Waals surface area contributed by atoms with Crippen molar-refractivity contribution in [2.45, 2.75) is 10.3 Å². The summed E-state index contributed by atoms with van der Waals surface area (Å²) < 4.78 is 30.5. The van der Waals surface area contributed by atoms with Crippen molar-refractivity contribution in [1.29, 1.82) is 0 Å². The average Bonchev–Trinajstić information content (AvgIpc) is 3.23. The number of carbonyl (C=O) groups excluding carboxylic acids is 1. The van der Waals surface area contributed by atoms with Crippen LogP contribution in [0.5, 0.6) is 11.5 Å². The van der Waals surface area contributed by atoms with Crippen molar-refractivity contribution in [1.82, 2.24) is 15.2 Å². The molecule has 1 atom stereocenters. The molecule has 3 N–H and O–H groups in total. The minimum atomic E-state index is -4.02. The molecule has 0 saturated heterocycles. The van der Waals surface area contributed by atoms with Crippen LogP contribution in [0.4, 0.5) is 4.79 Å². The topological polar surface area (TPSA) is 108 Å². The lowest BCUT2D eigenvalue weighted by atomic mass is 9.90. The molecule has 33 heavy (non-hydrogen) atoms. The van der Waals surface area contributed by atoms with Gasteiger partial charge in [-0.2, -0.15) is 0 Å². The summed E-state index contributed by atoms with van der Waals surface area (Å²) in [5.74, 6) is 0.330. The molecular formula is C21H17Cl2N3O5S2. The van der Waals surface area contributed by atoms with Gasteiger partial charge in [0, 0.05) is 17.3 Å². The Kier molecular flexibility index (Phi) is 6.55. The normalized spacial score (nSPS) is 15.2. The molecule has 172 valence electrons. The molecule has 1 aromatic heterocycles. The number of thiophene rings is 1. The van der Waals surface area contributed by atoms with Gasteiger partial charge < -0.3 is 9.84 Å². The Bertz CT molecular complexity index is 1360. The first kappa shape index (κ1) is 23.4. The van der Waals surface area contributed by atoms with Crippen LogP contribution in [-0.4, -0.2) is 31.6 Å². The summed E-state index contributed by atoms with van der Waals surface area (Å²) in [5.41, 5.74) is 4.24. The van der Waals surface area contributed by atoms with Crippen molar-refractivity contribution in [2.75, 3.05) is 7.11 Å². The number of fused-ring (bicyclic) bond motifs is 1. The molecule has 4 rings (SSSR count). The number of ether oxygens (including phenoxy) is 1. The molecule has 1 aliphatic rings. The van der Waals surface area contributed by atoms with Crippen LogP contribution >= 0.6 is 34.5 Å². The molecule has 0 aliphatic carbocycles. The van der Waals surface area contributed by atoms with E-state index in [4.69, 9.17) is 27.9 Å². The molecule has 3 aromatic rings. The van der Waals surface area contributed by atoms with Gasteiger partial charge in [0.1, 0.15) is 15.7 Å². The van der Waals surface area contributed by atoms with Crippen LogP contribution in [0.1, 0.15) is 22.7 Å². The lowest BCUT2D eigenvalue weighted by molar-refractivity contribution is 0.204. The Morgan fingerprint density at radius 2 is 1.94 bits per heavy atom. The number of carbonyl (C=O) groups is 1. The number of hydrogen-bond donors (Lipinski definition) is 3. The van der Waals surface area contributed by atoms with Gasteiger partial charge in [-0.3, -0.25) is 10.3 Å². The van der Waals surface area contributed by atoms with E-state index < -0.39 is 22.1 Å². The van der Waals surface area contributed by atoms with E-state index in [1.165, 1.54) is 42.5 Å². The third-order valence-corrected chi connectivity index (χ3v) is 8.05. The Labute approximate surface area is 204 Å². The molecule has 0 bridgehead atoms. The molecule has 0 radical (unpaired) electrons. The van der Waals surface area contributed by atoms with Crippen molar-refractivity contribution >= 4 is 56.7 Å². The van der Waals surface area contributed by atoms with Crippen molar-refractivity contribution in [2.24, 2.45) is 0 Å². The number of sulfonamides is 1. The highest BCUT2D eigenvalue weighted by Crippen LogP contribution is 2.39. The fourth-order valence-corrected chi connectivity index (χ4v) is 5.90. The molecule has 0 saturated carbocycles. The highest BCUT2D eigenvalue weighted by molar-refractivity contribution is 7.91. The average molecular weight is 526 g/mol. The van der Waals surface area contributed by atoms with Crippen LogP contribution in [0, 0.1) is 0 Å². The number of aromatic hydroxyl groups is 1. The Hall–Kier alpha value is -2.76. The Morgan fingerprint density at radius 3 is 2.64 bits per heavy atom. The summed E-state index contributed by atoms with van der Waals surface area (Å²) in [6.45, 7) is 0. The SMILES string of the molecule is COc1cc(O)cc(C2c3cc(Cl)ccc3C=CN2C(=O)NNS(=O)(=O)c2ccc(Cl)s2)c1. The van der Waals surface area contributed by atoms with Crippen molar-refractivity contribution in [3.8, 4) is 11.5 Å². The lowest BCUT2D eigenvalue weighted by Crippen LogP contribution is -2.48. The van der Waals surface area contributed by atoms with E-state index in [2.05, 4.69) is 10.3 Å².